The van der Waals surface area contributed by atoms with Gasteiger partial charge in [-0.05, 0) is 12.0 Å². The molecular formula is C12H17BO3. The van der Waals surface area contributed by atoms with Gasteiger partial charge in [0.15, 0.2) is 0 Å². The minimum absolute atomic E-state index is 0.214. The van der Waals surface area contributed by atoms with E-state index in [1.165, 1.54) is 0 Å². The van der Waals surface area contributed by atoms with Crippen molar-refractivity contribution in [3.8, 4) is 0 Å². The zero-order valence-corrected chi connectivity index (χ0v) is 9.39. The molecule has 0 saturated carbocycles. The highest BCUT2D eigenvalue weighted by atomic mass is 16.6. The summed E-state index contributed by atoms with van der Waals surface area (Å²) in [6.07, 6.45) is 1.61. The molecule has 1 heterocycles. The van der Waals surface area contributed by atoms with E-state index in [0.717, 1.165) is 25.2 Å². The molecule has 3 nitrogen and oxygen atoms in total. The van der Waals surface area contributed by atoms with Gasteiger partial charge in [0.2, 0.25) is 0 Å². The van der Waals surface area contributed by atoms with E-state index < -0.39 is 0 Å². The fourth-order valence-electron chi connectivity index (χ4n) is 1.27. The van der Waals surface area contributed by atoms with E-state index in [0.29, 0.717) is 14.1 Å². The summed E-state index contributed by atoms with van der Waals surface area (Å²) in [5.74, 6) is 0.214. The lowest BCUT2D eigenvalue weighted by atomic mass is 10.1. The monoisotopic (exact) mass is 220 g/mol. The lowest BCUT2D eigenvalue weighted by molar-refractivity contribution is 0.156. The van der Waals surface area contributed by atoms with Crippen molar-refractivity contribution in [3.63, 3.8) is 0 Å². The third kappa shape index (κ3) is 6.27. The van der Waals surface area contributed by atoms with Gasteiger partial charge in [0.25, 0.3) is 0 Å². The van der Waals surface area contributed by atoms with E-state index >= 15 is 0 Å². The van der Waals surface area contributed by atoms with Crippen LogP contribution >= 0.6 is 0 Å². The topological polar surface area (TPSA) is 38.7 Å². The smallest absolute Gasteiger partial charge is 0.438 e. The zero-order valence-electron chi connectivity index (χ0n) is 9.39. The van der Waals surface area contributed by atoms with Crippen LogP contribution in [0.4, 0.5) is 0 Å². The maximum atomic E-state index is 8.81. The van der Waals surface area contributed by atoms with E-state index in [-0.39, 0.29) is 5.76 Å². The van der Waals surface area contributed by atoms with Crippen molar-refractivity contribution in [3.05, 3.63) is 48.2 Å². The van der Waals surface area contributed by atoms with Gasteiger partial charge in [-0.1, -0.05) is 36.9 Å². The number of benzene rings is 1. The van der Waals surface area contributed by atoms with E-state index in [4.69, 9.17) is 14.4 Å². The van der Waals surface area contributed by atoms with Crippen LogP contribution in [0.5, 0.6) is 0 Å². The first-order valence-electron chi connectivity index (χ1n) is 5.35. The minimum atomic E-state index is 0.214. The second kappa shape index (κ2) is 7.96. The van der Waals surface area contributed by atoms with Crippen LogP contribution in [0.2, 0.25) is 0 Å². The standard InChI is InChI=1S/C9H10O.C3H7BO2/c1-8(10)7-9-5-3-2-4-6-9;1-2-5-4-6-3-1/h2-6,10H,1,7H2;4H,1-3H2. The van der Waals surface area contributed by atoms with Crippen LogP contribution in [0.15, 0.2) is 42.7 Å². The first kappa shape index (κ1) is 12.8. The molecule has 0 spiro atoms. The molecule has 1 N–H and O–H groups in total. The highest BCUT2D eigenvalue weighted by molar-refractivity contribution is 6.18. The Bertz CT molecular complexity index is 285. The van der Waals surface area contributed by atoms with Crippen molar-refractivity contribution in [1.29, 1.82) is 0 Å². The van der Waals surface area contributed by atoms with Crippen LogP contribution in [0.25, 0.3) is 0 Å². The molecule has 1 aliphatic heterocycles. The normalized spacial score (nSPS) is 14.2. The maximum absolute atomic E-state index is 8.81. The fraction of sp³-hybridized carbons (Fsp3) is 0.333. The maximum Gasteiger partial charge on any atom is 0.438 e. The van der Waals surface area contributed by atoms with Crippen molar-refractivity contribution in [1.82, 2.24) is 0 Å². The Morgan fingerprint density at radius 2 is 1.88 bits per heavy atom. The zero-order chi connectivity index (χ0) is 11.6. The van der Waals surface area contributed by atoms with Crippen LogP contribution in [0.1, 0.15) is 12.0 Å². The van der Waals surface area contributed by atoms with Crippen molar-refractivity contribution in [2.24, 2.45) is 0 Å². The highest BCUT2D eigenvalue weighted by Crippen LogP contribution is 2.02. The molecule has 0 atom stereocenters. The lowest BCUT2D eigenvalue weighted by Crippen LogP contribution is -2.14. The van der Waals surface area contributed by atoms with Crippen molar-refractivity contribution < 1.29 is 14.4 Å². The Kier molecular flexibility index (Phi) is 6.38. The van der Waals surface area contributed by atoms with Crippen molar-refractivity contribution >= 4 is 7.69 Å². The van der Waals surface area contributed by atoms with Crippen LogP contribution in [-0.2, 0) is 15.7 Å². The fourth-order valence-corrected chi connectivity index (χ4v) is 1.27. The molecule has 16 heavy (non-hydrogen) atoms. The Labute approximate surface area is 97.0 Å². The molecular weight excluding hydrogens is 203 g/mol. The van der Waals surface area contributed by atoms with Crippen LogP contribution < -0.4 is 0 Å². The Morgan fingerprint density at radius 3 is 2.25 bits per heavy atom. The van der Waals surface area contributed by atoms with Gasteiger partial charge in [-0.15, -0.1) is 0 Å². The molecule has 1 aliphatic rings. The Hall–Kier alpha value is -1.26. The second-order valence-electron chi connectivity index (χ2n) is 3.52. The summed E-state index contributed by atoms with van der Waals surface area (Å²) < 4.78 is 9.69. The number of aliphatic hydroxyl groups excluding tert-OH is 1. The second-order valence-corrected chi connectivity index (χ2v) is 3.52. The molecule has 1 fully saturated rings. The molecule has 0 amide bonds. The largest absolute Gasteiger partial charge is 0.513 e. The molecule has 2 rings (SSSR count). The third-order valence-electron chi connectivity index (χ3n) is 2.00. The highest BCUT2D eigenvalue weighted by Gasteiger charge is 1.97. The lowest BCUT2D eigenvalue weighted by Gasteiger charge is -2.08. The average molecular weight is 220 g/mol. The van der Waals surface area contributed by atoms with Crippen LogP contribution in [-0.4, -0.2) is 26.0 Å². The summed E-state index contributed by atoms with van der Waals surface area (Å²) in [6, 6.07) is 9.75. The minimum Gasteiger partial charge on any atom is -0.513 e. The van der Waals surface area contributed by atoms with Crippen LogP contribution in [0, 0.1) is 0 Å². The number of hydrogen-bond acceptors (Lipinski definition) is 3. The SMILES string of the molecule is B1OCCCO1.C=C(O)Cc1ccccc1. The molecule has 4 heteroatoms. The van der Waals surface area contributed by atoms with Crippen molar-refractivity contribution in [2.75, 3.05) is 13.2 Å². The number of rotatable bonds is 2. The first-order chi connectivity index (χ1) is 7.79. The molecule has 0 bridgehead atoms. The molecule has 1 aromatic carbocycles. The summed E-state index contributed by atoms with van der Waals surface area (Å²) in [5.41, 5.74) is 1.09. The number of allylic oxidation sites excluding steroid dienone is 1. The Morgan fingerprint density at radius 1 is 1.25 bits per heavy atom. The summed E-state index contributed by atoms with van der Waals surface area (Å²) in [6.45, 7) is 5.16. The van der Waals surface area contributed by atoms with Gasteiger partial charge in [0.05, 0.1) is 5.76 Å². The molecule has 1 aromatic rings. The van der Waals surface area contributed by atoms with Gasteiger partial charge < -0.3 is 14.4 Å². The van der Waals surface area contributed by atoms with Gasteiger partial charge in [-0.25, -0.2) is 0 Å². The Balaban J connectivity index is 0.000000181. The summed E-state index contributed by atoms with van der Waals surface area (Å²) >= 11 is 0. The summed E-state index contributed by atoms with van der Waals surface area (Å²) in [4.78, 5) is 0. The predicted octanol–water partition coefficient (Wildman–Crippen LogP) is 1.99. The summed E-state index contributed by atoms with van der Waals surface area (Å²) in [7, 11) is 0.500. The molecule has 0 aromatic heterocycles. The molecule has 0 unspecified atom stereocenters. The van der Waals surface area contributed by atoms with Gasteiger partial charge in [0, 0.05) is 19.6 Å². The van der Waals surface area contributed by atoms with E-state index in [2.05, 4.69) is 6.58 Å². The molecule has 0 radical (unpaired) electrons. The third-order valence-corrected chi connectivity index (χ3v) is 2.00. The van der Waals surface area contributed by atoms with E-state index in [1.54, 1.807) is 0 Å². The summed E-state index contributed by atoms with van der Waals surface area (Å²) in [5, 5.41) is 8.81. The number of aliphatic hydroxyl groups is 1. The van der Waals surface area contributed by atoms with Gasteiger partial charge in [-0.3, -0.25) is 0 Å². The molecule has 0 aliphatic carbocycles. The van der Waals surface area contributed by atoms with Crippen molar-refractivity contribution in [2.45, 2.75) is 12.8 Å². The quantitative estimate of drug-likeness (QED) is 0.611. The molecule has 1 saturated heterocycles. The van der Waals surface area contributed by atoms with Gasteiger partial charge in [0.1, 0.15) is 0 Å². The molecule has 86 valence electrons. The van der Waals surface area contributed by atoms with Gasteiger partial charge in [-0.2, -0.15) is 0 Å². The number of hydrogen-bond donors (Lipinski definition) is 1. The average Bonchev–Trinajstić information content (AvgIpc) is 2.32. The van der Waals surface area contributed by atoms with E-state index in [9.17, 15) is 0 Å². The first-order valence-corrected chi connectivity index (χ1v) is 5.35. The van der Waals surface area contributed by atoms with Gasteiger partial charge >= 0.3 is 7.69 Å². The van der Waals surface area contributed by atoms with E-state index in [1.807, 2.05) is 30.3 Å². The van der Waals surface area contributed by atoms with Crippen LogP contribution in [0.3, 0.4) is 0 Å². The predicted molar refractivity (Wildman–Crippen MR) is 65.6 cm³/mol.